The number of nitriles is 1. The van der Waals surface area contributed by atoms with E-state index in [2.05, 4.69) is 11.1 Å². The Kier molecular flexibility index (Phi) is 3.07. The van der Waals surface area contributed by atoms with Gasteiger partial charge in [0, 0.05) is 12.6 Å². The van der Waals surface area contributed by atoms with Gasteiger partial charge in [0.15, 0.2) is 11.5 Å². The number of nitrogens with zero attached hydrogens (tertiary/aromatic N) is 3. The second-order valence-electron chi connectivity index (χ2n) is 4.72. The molecule has 20 heavy (non-hydrogen) atoms. The summed E-state index contributed by atoms with van der Waals surface area (Å²) in [5.41, 5.74) is 2.79. The van der Waals surface area contributed by atoms with Crippen LogP contribution in [0.2, 0.25) is 0 Å². The number of hydrogen-bond donors (Lipinski definition) is 0. The number of aromatic nitrogens is 2. The van der Waals surface area contributed by atoms with Crippen LogP contribution in [0.1, 0.15) is 11.4 Å². The van der Waals surface area contributed by atoms with E-state index in [-0.39, 0.29) is 0 Å². The van der Waals surface area contributed by atoms with E-state index in [0.717, 1.165) is 34.3 Å². The summed E-state index contributed by atoms with van der Waals surface area (Å²) in [4.78, 5) is 4.56. The lowest BCUT2D eigenvalue weighted by molar-refractivity contribution is 0.171. The number of fused-ring (bicyclic) bond motifs is 1. The largest absolute Gasteiger partial charge is 0.486 e. The molecule has 5 heteroatoms. The Bertz CT molecular complexity index is 698. The first kappa shape index (κ1) is 12.5. The highest BCUT2D eigenvalue weighted by Crippen LogP contribution is 2.34. The standard InChI is InChI=1S/C15H15N3O2/c1-10-12(5-6-16)18(2)15(17-10)11-3-4-13-14(9-11)20-8-7-19-13/h3-4,9H,5,7-8H2,1-2H3. The predicted octanol–water partition coefficient (Wildman–Crippen LogP) is 2.23. The van der Waals surface area contributed by atoms with Crippen LogP contribution in [0, 0.1) is 18.3 Å². The van der Waals surface area contributed by atoms with Crippen LogP contribution in [0.25, 0.3) is 11.4 Å². The van der Waals surface area contributed by atoms with Crippen molar-refractivity contribution >= 4 is 0 Å². The van der Waals surface area contributed by atoms with Crippen molar-refractivity contribution in [3.05, 3.63) is 29.6 Å². The normalized spacial score (nSPS) is 13.1. The zero-order valence-corrected chi connectivity index (χ0v) is 11.5. The lowest BCUT2D eigenvalue weighted by Gasteiger charge is -2.18. The van der Waals surface area contributed by atoms with Gasteiger partial charge in [0.05, 0.1) is 23.9 Å². The van der Waals surface area contributed by atoms with Crippen LogP contribution < -0.4 is 9.47 Å². The molecule has 1 aromatic carbocycles. The SMILES string of the molecule is Cc1nc(-c2ccc3c(c2)OCCO3)n(C)c1CC#N. The summed E-state index contributed by atoms with van der Waals surface area (Å²) in [6, 6.07) is 7.98. The molecule has 102 valence electrons. The Morgan fingerprint density at radius 2 is 2.05 bits per heavy atom. The fourth-order valence-corrected chi connectivity index (χ4v) is 2.43. The highest BCUT2D eigenvalue weighted by molar-refractivity contribution is 5.62. The highest BCUT2D eigenvalue weighted by Gasteiger charge is 2.17. The van der Waals surface area contributed by atoms with Crippen molar-refractivity contribution in [3.8, 4) is 29.0 Å². The molecule has 0 saturated heterocycles. The third-order valence-corrected chi connectivity index (χ3v) is 3.46. The van der Waals surface area contributed by atoms with Crippen molar-refractivity contribution in [2.24, 2.45) is 7.05 Å². The summed E-state index contributed by atoms with van der Waals surface area (Å²) < 4.78 is 13.1. The number of ether oxygens (including phenoxy) is 2. The van der Waals surface area contributed by atoms with Crippen LogP contribution in [0.4, 0.5) is 0 Å². The number of hydrogen-bond acceptors (Lipinski definition) is 4. The maximum Gasteiger partial charge on any atom is 0.162 e. The van der Waals surface area contributed by atoms with E-state index in [9.17, 15) is 0 Å². The Hall–Kier alpha value is -2.48. The molecule has 3 rings (SSSR count). The van der Waals surface area contributed by atoms with Crippen molar-refractivity contribution in [2.45, 2.75) is 13.3 Å². The average molecular weight is 269 g/mol. The van der Waals surface area contributed by atoms with E-state index in [1.807, 2.05) is 36.7 Å². The minimum absolute atomic E-state index is 0.361. The molecule has 0 bridgehead atoms. The van der Waals surface area contributed by atoms with Gasteiger partial charge in [-0.1, -0.05) is 0 Å². The zero-order chi connectivity index (χ0) is 14.1. The fourth-order valence-electron chi connectivity index (χ4n) is 2.43. The van der Waals surface area contributed by atoms with E-state index < -0.39 is 0 Å². The Labute approximate surface area is 117 Å². The van der Waals surface area contributed by atoms with Gasteiger partial charge < -0.3 is 14.0 Å². The monoisotopic (exact) mass is 269 g/mol. The van der Waals surface area contributed by atoms with Gasteiger partial charge in [-0.25, -0.2) is 4.98 Å². The first-order valence-corrected chi connectivity index (χ1v) is 6.50. The molecule has 2 heterocycles. The average Bonchev–Trinajstić information content (AvgIpc) is 2.75. The van der Waals surface area contributed by atoms with Crippen LogP contribution in [0.5, 0.6) is 11.5 Å². The van der Waals surface area contributed by atoms with Gasteiger partial charge in [0.1, 0.15) is 19.0 Å². The van der Waals surface area contributed by atoms with Crippen LogP contribution in [-0.4, -0.2) is 22.8 Å². The molecule has 0 atom stereocenters. The maximum absolute atomic E-state index is 8.88. The van der Waals surface area contributed by atoms with Crippen LogP contribution in [0.3, 0.4) is 0 Å². The molecule has 0 spiro atoms. The Morgan fingerprint density at radius 1 is 1.30 bits per heavy atom. The number of rotatable bonds is 2. The zero-order valence-electron chi connectivity index (χ0n) is 11.5. The molecular formula is C15H15N3O2. The van der Waals surface area contributed by atoms with Crippen LogP contribution in [0.15, 0.2) is 18.2 Å². The van der Waals surface area contributed by atoms with Gasteiger partial charge >= 0.3 is 0 Å². The van der Waals surface area contributed by atoms with Crippen LogP contribution >= 0.6 is 0 Å². The predicted molar refractivity (Wildman–Crippen MR) is 73.7 cm³/mol. The summed E-state index contributed by atoms with van der Waals surface area (Å²) in [5.74, 6) is 2.35. The Balaban J connectivity index is 2.05. The lowest BCUT2D eigenvalue weighted by Crippen LogP contribution is -2.15. The third-order valence-electron chi connectivity index (χ3n) is 3.46. The lowest BCUT2D eigenvalue weighted by atomic mass is 10.2. The maximum atomic E-state index is 8.88. The topological polar surface area (TPSA) is 60.1 Å². The fraction of sp³-hybridized carbons (Fsp3) is 0.333. The first-order chi connectivity index (χ1) is 9.70. The summed E-state index contributed by atoms with van der Waals surface area (Å²) in [6.45, 7) is 3.07. The minimum Gasteiger partial charge on any atom is -0.486 e. The molecule has 5 nitrogen and oxygen atoms in total. The molecule has 1 aromatic heterocycles. The minimum atomic E-state index is 0.361. The second-order valence-corrected chi connectivity index (χ2v) is 4.72. The molecule has 0 amide bonds. The number of imidazole rings is 1. The Morgan fingerprint density at radius 3 is 2.80 bits per heavy atom. The van der Waals surface area contributed by atoms with Crippen molar-refractivity contribution in [2.75, 3.05) is 13.2 Å². The summed E-state index contributed by atoms with van der Waals surface area (Å²) >= 11 is 0. The molecule has 2 aromatic rings. The molecule has 1 aliphatic heterocycles. The molecule has 0 unspecified atom stereocenters. The molecule has 0 N–H and O–H groups in total. The smallest absolute Gasteiger partial charge is 0.162 e. The molecule has 0 radical (unpaired) electrons. The van der Waals surface area contributed by atoms with E-state index in [0.29, 0.717) is 19.6 Å². The number of aryl methyl sites for hydroxylation is 1. The van der Waals surface area contributed by atoms with Gasteiger partial charge in [-0.15, -0.1) is 0 Å². The number of benzene rings is 1. The highest BCUT2D eigenvalue weighted by atomic mass is 16.6. The molecule has 0 fully saturated rings. The summed E-state index contributed by atoms with van der Waals surface area (Å²) in [6.07, 6.45) is 0.361. The van der Waals surface area contributed by atoms with Crippen molar-refractivity contribution in [1.82, 2.24) is 9.55 Å². The van der Waals surface area contributed by atoms with Gasteiger partial charge in [-0.2, -0.15) is 5.26 Å². The van der Waals surface area contributed by atoms with Crippen molar-refractivity contribution in [3.63, 3.8) is 0 Å². The van der Waals surface area contributed by atoms with E-state index in [1.54, 1.807) is 0 Å². The van der Waals surface area contributed by atoms with E-state index >= 15 is 0 Å². The van der Waals surface area contributed by atoms with E-state index in [4.69, 9.17) is 14.7 Å². The van der Waals surface area contributed by atoms with Crippen molar-refractivity contribution < 1.29 is 9.47 Å². The van der Waals surface area contributed by atoms with Gasteiger partial charge in [0.2, 0.25) is 0 Å². The van der Waals surface area contributed by atoms with E-state index in [1.165, 1.54) is 0 Å². The van der Waals surface area contributed by atoms with Gasteiger partial charge in [-0.05, 0) is 25.1 Å². The molecule has 1 aliphatic rings. The van der Waals surface area contributed by atoms with Gasteiger partial charge in [-0.3, -0.25) is 0 Å². The third kappa shape index (κ3) is 1.99. The molecule has 0 aliphatic carbocycles. The molecule has 0 saturated carbocycles. The quantitative estimate of drug-likeness (QED) is 0.838. The summed E-state index contributed by atoms with van der Waals surface area (Å²) in [5, 5.41) is 8.88. The van der Waals surface area contributed by atoms with Gasteiger partial charge in [0.25, 0.3) is 0 Å². The second kappa shape index (κ2) is 4.89. The first-order valence-electron chi connectivity index (χ1n) is 6.50. The molecular weight excluding hydrogens is 254 g/mol. The summed E-state index contributed by atoms with van der Waals surface area (Å²) in [7, 11) is 1.93. The van der Waals surface area contributed by atoms with Crippen molar-refractivity contribution in [1.29, 1.82) is 5.26 Å². The van der Waals surface area contributed by atoms with Crippen LogP contribution in [-0.2, 0) is 13.5 Å².